The molecule has 0 bridgehead atoms. The summed E-state index contributed by atoms with van der Waals surface area (Å²) in [5.74, 6) is 1.82. The molecule has 0 amide bonds. The molecule has 5 heteroatoms. The standard InChI is InChI=1S/C13H10N2O3/c16-11-7-18-12-6-9(2-3-10(11)12)17-8-13-14-4-1-5-15-13/h1-6H,7-8H2. The zero-order valence-electron chi connectivity index (χ0n) is 9.50. The van der Waals surface area contributed by atoms with Crippen LogP contribution in [-0.4, -0.2) is 22.4 Å². The Morgan fingerprint density at radius 2 is 2.11 bits per heavy atom. The fourth-order valence-electron chi connectivity index (χ4n) is 1.72. The molecule has 1 aliphatic rings. The maximum atomic E-state index is 11.4. The van der Waals surface area contributed by atoms with E-state index in [-0.39, 0.29) is 19.0 Å². The minimum absolute atomic E-state index is 0.00272. The van der Waals surface area contributed by atoms with E-state index < -0.39 is 0 Å². The van der Waals surface area contributed by atoms with Crippen molar-refractivity contribution < 1.29 is 14.3 Å². The minimum Gasteiger partial charge on any atom is -0.485 e. The van der Waals surface area contributed by atoms with Crippen LogP contribution in [0, 0.1) is 0 Å². The minimum atomic E-state index is 0.00272. The van der Waals surface area contributed by atoms with Gasteiger partial charge in [0.05, 0.1) is 5.56 Å². The highest BCUT2D eigenvalue weighted by Crippen LogP contribution is 2.29. The van der Waals surface area contributed by atoms with Gasteiger partial charge in [-0.3, -0.25) is 4.79 Å². The van der Waals surface area contributed by atoms with Gasteiger partial charge in [-0.25, -0.2) is 9.97 Å². The molecule has 0 unspecified atom stereocenters. The maximum absolute atomic E-state index is 11.4. The smallest absolute Gasteiger partial charge is 0.203 e. The Morgan fingerprint density at radius 1 is 1.28 bits per heavy atom. The van der Waals surface area contributed by atoms with Crippen molar-refractivity contribution in [3.8, 4) is 11.5 Å². The van der Waals surface area contributed by atoms with Gasteiger partial charge in [-0.1, -0.05) is 0 Å². The Balaban J connectivity index is 1.73. The number of Topliss-reactive ketones (excluding diaryl/α,β-unsaturated/α-hetero) is 1. The zero-order chi connectivity index (χ0) is 12.4. The highest BCUT2D eigenvalue weighted by atomic mass is 16.5. The Kier molecular flexibility index (Phi) is 2.64. The molecule has 0 saturated carbocycles. The Hall–Kier alpha value is -2.43. The zero-order valence-corrected chi connectivity index (χ0v) is 9.50. The lowest BCUT2D eigenvalue weighted by Gasteiger charge is -2.06. The number of carbonyl (C=O) groups is 1. The van der Waals surface area contributed by atoms with Crippen molar-refractivity contribution in [2.24, 2.45) is 0 Å². The van der Waals surface area contributed by atoms with Crippen LogP contribution >= 0.6 is 0 Å². The number of ketones is 1. The van der Waals surface area contributed by atoms with Gasteiger partial charge in [0.15, 0.2) is 12.4 Å². The second-order valence-corrected chi connectivity index (χ2v) is 3.82. The molecule has 1 aromatic carbocycles. The van der Waals surface area contributed by atoms with Gasteiger partial charge >= 0.3 is 0 Å². The summed E-state index contributed by atoms with van der Waals surface area (Å²) in [6.07, 6.45) is 3.33. The number of carbonyl (C=O) groups excluding carboxylic acids is 1. The third kappa shape index (κ3) is 2.02. The molecular weight excluding hydrogens is 232 g/mol. The molecular formula is C13H10N2O3. The van der Waals surface area contributed by atoms with E-state index in [9.17, 15) is 4.79 Å². The van der Waals surface area contributed by atoms with Gasteiger partial charge in [0.1, 0.15) is 18.1 Å². The molecule has 0 atom stereocenters. The molecule has 2 aromatic rings. The molecule has 0 aliphatic carbocycles. The summed E-state index contributed by atoms with van der Waals surface area (Å²) in [6.45, 7) is 0.397. The quantitative estimate of drug-likeness (QED) is 0.818. The molecule has 18 heavy (non-hydrogen) atoms. The number of benzene rings is 1. The van der Waals surface area contributed by atoms with Gasteiger partial charge < -0.3 is 9.47 Å². The number of hydrogen-bond acceptors (Lipinski definition) is 5. The molecule has 90 valence electrons. The van der Waals surface area contributed by atoms with E-state index in [1.807, 2.05) is 0 Å². The van der Waals surface area contributed by atoms with Crippen molar-refractivity contribution in [3.63, 3.8) is 0 Å². The third-order valence-electron chi connectivity index (χ3n) is 2.60. The van der Waals surface area contributed by atoms with Crippen molar-refractivity contribution in [3.05, 3.63) is 48.0 Å². The maximum Gasteiger partial charge on any atom is 0.203 e. The summed E-state index contributed by atoms with van der Waals surface area (Å²) in [5.41, 5.74) is 0.610. The summed E-state index contributed by atoms with van der Waals surface area (Å²) in [4.78, 5) is 19.5. The molecule has 0 radical (unpaired) electrons. The van der Waals surface area contributed by atoms with Crippen LogP contribution in [0.3, 0.4) is 0 Å². The highest BCUT2D eigenvalue weighted by Gasteiger charge is 2.21. The van der Waals surface area contributed by atoms with Crippen LogP contribution in [0.25, 0.3) is 0 Å². The van der Waals surface area contributed by atoms with E-state index in [4.69, 9.17) is 9.47 Å². The SMILES string of the molecule is O=C1COc2cc(OCc3ncccn3)ccc21. The van der Waals surface area contributed by atoms with Gasteiger partial charge in [0, 0.05) is 18.5 Å². The summed E-state index contributed by atoms with van der Waals surface area (Å²) >= 11 is 0. The molecule has 0 saturated heterocycles. The summed E-state index contributed by atoms with van der Waals surface area (Å²) < 4.78 is 10.8. The molecule has 2 heterocycles. The van der Waals surface area contributed by atoms with Crippen LogP contribution in [0.15, 0.2) is 36.7 Å². The fraction of sp³-hybridized carbons (Fsp3) is 0.154. The number of fused-ring (bicyclic) bond motifs is 1. The van der Waals surface area contributed by atoms with Gasteiger partial charge in [0.2, 0.25) is 5.78 Å². The number of aromatic nitrogens is 2. The van der Waals surface area contributed by atoms with Crippen molar-refractivity contribution in [2.45, 2.75) is 6.61 Å². The van der Waals surface area contributed by atoms with E-state index >= 15 is 0 Å². The largest absolute Gasteiger partial charge is 0.485 e. The lowest BCUT2D eigenvalue weighted by atomic mass is 10.1. The molecule has 3 rings (SSSR count). The Bertz CT molecular complexity index is 584. The van der Waals surface area contributed by atoms with Crippen LogP contribution in [0.4, 0.5) is 0 Å². The van der Waals surface area contributed by atoms with Crippen LogP contribution in [0.5, 0.6) is 11.5 Å². The third-order valence-corrected chi connectivity index (χ3v) is 2.60. The van der Waals surface area contributed by atoms with E-state index in [1.165, 1.54) is 0 Å². The van der Waals surface area contributed by atoms with E-state index in [0.717, 1.165) is 0 Å². The van der Waals surface area contributed by atoms with Crippen LogP contribution < -0.4 is 9.47 Å². The summed E-state index contributed by atoms with van der Waals surface area (Å²) in [5, 5.41) is 0. The highest BCUT2D eigenvalue weighted by molar-refractivity contribution is 6.02. The van der Waals surface area contributed by atoms with Crippen molar-refractivity contribution in [1.29, 1.82) is 0 Å². The molecule has 1 aromatic heterocycles. The molecule has 1 aliphatic heterocycles. The predicted molar refractivity (Wildman–Crippen MR) is 62.6 cm³/mol. The van der Waals surface area contributed by atoms with Crippen LogP contribution in [0.1, 0.15) is 16.2 Å². The lowest BCUT2D eigenvalue weighted by molar-refractivity contribution is 0.0961. The van der Waals surface area contributed by atoms with Crippen LogP contribution in [0.2, 0.25) is 0 Å². The first-order valence-corrected chi connectivity index (χ1v) is 5.52. The lowest BCUT2D eigenvalue weighted by Crippen LogP contribution is -2.00. The molecule has 0 fully saturated rings. The summed E-state index contributed by atoms with van der Waals surface area (Å²) in [7, 11) is 0. The van der Waals surface area contributed by atoms with E-state index in [2.05, 4.69) is 9.97 Å². The van der Waals surface area contributed by atoms with Gasteiger partial charge in [-0.05, 0) is 18.2 Å². The molecule has 5 nitrogen and oxygen atoms in total. The number of hydrogen-bond donors (Lipinski definition) is 0. The van der Waals surface area contributed by atoms with Crippen molar-refractivity contribution >= 4 is 5.78 Å². The second kappa shape index (κ2) is 4.44. The normalized spacial score (nSPS) is 13.0. The van der Waals surface area contributed by atoms with Crippen LogP contribution in [-0.2, 0) is 6.61 Å². The Morgan fingerprint density at radius 3 is 2.94 bits per heavy atom. The predicted octanol–water partition coefficient (Wildman–Crippen LogP) is 1.63. The van der Waals surface area contributed by atoms with E-state index in [1.54, 1.807) is 36.7 Å². The van der Waals surface area contributed by atoms with Gasteiger partial charge in [-0.15, -0.1) is 0 Å². The first-order chi connectivity index (χ1) is 8.83. The van der Waals surface area contributed by atoms with E-state index in [0.29, 0.717) is 22.9 Å². The Labute approximate surface area is 103 Å². The van der Waals surface area contributed by atoms with Crippen molar-refractivity contribution in [2.75, 3.05) is 6.61 Å². The average Bonchev–Trinajstić information content (AvgIpc) is 2.79. The first kappa shape index (κ1) is 10.7. The van der Waals surface area contributed by atoms with Gasteiger partial charge in [-0.2, -0.15) is 0 Å². The molecule has 0 spiro atoms. The second-order valence-electron chi connectivity index (χ2n) is 3.82. The topological polar surface area (TPSA) is 61.3 Å². The average molecular weight is 242 g/mol. The van der Waals surface area contributed by atoms with Gasteiger partial charge in [0.25, 0.3) is 0 Å². The number of nitrogens with zero attached hydrogens (tertiary/aromatic N) is 2. The monoisotopic (exact) mass is 242 g/mol. The fourth-order valence-corrected chi connectivity index (χ4v) is 1.72. The first-order valence-electron chi connectivity index (χ1n) is 5.52. The number of rotatable bonds is 3. The molecule has 0 N–H and O–H groups in total. The van der Waals surface area contributed by atoms with Crippen molar-refractivity contribution in [1.82, 2.24) is 9.97 Å². The number of ether oxygens (including phenoxy) is 2. The summed E-state index contributed by atoms with van der Waals surface area (Å²) in [6, 6.07) is 6.92.